The molecule has 0 saturated carbocycles. The summed E-state index contributed by atoms with van der Waals surface area (Å²) in [6.45, 7) is 6.57. The zero-order valence-electron chi connectivity index (χ0n) is 18.0. The van der Waals surface area contributed by atoms with Gasteiger partial charge in [-0.15, -0.1) is 0 Å². The Morgan fingerprint density at radius 3 is 2.45 bits per heavy atom. The van der Waals surface area contributed by atoms with Crippen molar-refractivity contribution in [2.75, 3.05) is 19.7 Å². The molecule has 1 aliphatic rings. The minimum Gasteiger partial charge on any atom is -0.452 e. The second kappa shape index (κ2) is 8.86. The van der Waals surface area contributed by atoms with Crippen molar-refractivity contribution in [1.82, 2.24) is 9.88 Å². The van der Waals surface area contributed by atoms with Crippen LogP contribution in [0.5, 0.6) is 0 Å². The van der Waals surface area contributed by atoms with Gasteiger partial charge in [-0.05, 0) is 32.9 Å². The molecule has 3 aromatic rings. The van der Waals surface area contributed by atoms with E-state index in [1.165, 1.54) is 0 Å². The molecule has 4 rings (SSSR count). The molecule has 2 heterocycles. The fraction of sp³-hybridized carbons (Fsp3) is 0.320. The molecule has 6 heteroatoms. The van der Waals surface area contributed by atoms with Crippen LogP contribution >= 0.6 is 0 Å². The minimum atomic E-state index is -0.533. The number of hydrogen-bond acceptors (Lipinski definition) is 5. The molecule has 0 unspecified atom stereocenters. The normalized spacial score (nSPS) is 18.7. The Labute approximate surface area is 181 Å². The molecule has 0 bridgehead atoms. The number of carbonyl (C=O) groups excluding carboxylic acids is 2. The highest BCUT2D eigenvalue weighted by atomic mass is 16.5. The first-order valence-corrected chi connectivity index (χ1v) is 10.5. The first-order chi connectivity index (χ1) is 14.9. The number of amides is 1. The summed E-state index contributed by atoms with van der Waals surface area (Å²) < 4.78 is 11.1. The number of carbonyl (C=O) groups is 2. The summed E-state index contributed by atoms with van der Waals surface area (Å²) in [5.41, 5.74) is 3.85. The van der Waals surface area contributed by atoms with Gasteiger partial charge >= 0.3 is 5.97 Å². The quantitative estimate of drug-likeness (QED) is 0.599. The summed E-state index contributed by atoms with van der Waals surface area (Å²) in [6, 6.07) is 17.1. The van der Waals surface area contributed by atoms with Crippen LogP contribution in [0.1, 0.15) is 29.8 Å². The van der Waals surface area contributed by atoms with Gasteiger partial charge < -0.3 is 14.4 Å². The van der Waals surface area contributed by atoms with E-state index in [2.05, 4.69) is 0 Å². The second-order valence-electron chi connectivity index (χ2n) is 8.07. The predicted octanol–water partition coefficient (Wildman–Crippen LogP) is 4.00. The molecule has 2 aromatic carbocycles. The van der Waals surface area contributed by atoms with Crippen molar-refractivity contribution < 1.29 is 19.1 Å². The predicted molar refractivity (Wildman–Crippen MR) is 119 cm³/mol. The molecule has 2 atom stereocenters. The first-order valence-electron chi connectivity index (χ1n) is 10.5. The van der Waals surface area contributed by atoms with E-state index in [-0.39, 0.29) is 24.7 Å². The van der Waals surface area contributed by atoms with E-state index in [0.29, 0.717) is 35.2 Å². The van der Waals surface area contributed by atoms with E-state index >= 15 is 0 Å². The summed E-state index contributed by atoms with van der Waals surface area (Å²) in [5.74, 6) is -0.748. The summed E-state index contributed by atoms with van der Waals surface area (Å²) >= 11 is 0. The van der Waals surface area contributed by atoms with E-state index in [4.69, 9.17) is 14.5 Å². The summed E-state index contributed by atoms with van der Waals surface area (Å²) in [5, 5.41) is 0.699. The number of benzene rings is 2. The number of morpholine rings is 1. The summed E-state index contributed by atoms with van der Waals surface area (Å²) in [7, 11) is 0. The lowest BCUT2D eigenvalue weighted by Gasteiger charge is -2.35. The number of aromatic nitrogens is 1. The Bertz CT molecular complexity index is 1100. The molecule has 1 saturated heterocycles. The number of ether oxygens (including phenoxy) is 2. The lowest BCUT2D eigenvalue weighted by atomic mass is 10.0. The molecule has 1 fully saturated rings. The van der Waals surface area contributed by atoms with Crippen LogP contribution in [0.15, 0.2) is 54.6 Å². The molecule has 0 aliphatic carbocycles. The van der Waals surface area contributed by atoms with Crippen LogP contribution in [0.2, 0.25) is 0 Å². The van der Waals surface area contributed by atoms with Crippen LogP contribution in [-0.2, 0) is 14.3 Å². The molecule has 0 radical (unpaired) electrons. The topological polar surface area (TPSA) is 68.7 Å². The van der Waals surface area contributed by atoms with Gasteiger partial charge in [-0.3, -0.25) is 4.79 Å². The number of esters is 1. The largest absolute Gasteiger partial charge is 0.452 e. The first kappa shape index (κ1) is 21.0. The highest BCUT2D eigenvalue weighted by molar-refractivity contribution is 6.05. The molecular weight excluding hydrogens is 392 g/mol. The Hall–Kier alpha value is -3.25. The van der Waals surface area contributed by atoms with Gasteiger partial charge in [-0.1, -0.05) is 48.0 Å². The molecule has 1 aliphatic heterocycles. The molecule has 1 amide bonds. The number of para-hydroxylation sites is 1. The van der Waals surface area contributed by atoms with Crippen molar-refractivity contribution in [3.63, 3.8) is 0 Å². The van der Waals surface area contributed by atoms with Crippen molar-refractivity contribution in [3.8, 4) is 11.3 Å². The number of fused-ring (bicyclic) bond motifs is 1. The van der Waals surface area contributed by atoms with E-state index in [9.17, 15) is 9.59 Å². The monoisotopic (exact) mass is 418 g/mol. The standard InChI is InChI=1S/C25H26N2O4/c1-16-8-10-19(11-9-16)23-12-21(20-6-4-5-7-22(20)26-23)25(29)30-15-24(28)27-13-17(2)31-18(3)14-27/h4-12,17-18H,13-15H2,1-3H3/t17-,18+. The van der Waals surface area contributed by atoms with Gasteiger partial charge in [0.05, 0.1) is 29.0 Å². The smallest absolute Gasteiger partial charge is 0.339 e. The van der Waals surface area contributed by atoms with Gasteiger partial charge in [0.2, 0.25) is 0 Å². The van der Waals surface area contributed by atoms with Gasteiger partial charge in [0, 0.05) is 24.0 Å². The van der Waals surface area contributed by atoms with Gasteiger partial charge in [-0.25, -0.2) is 9.78 Å². The number of pyridine rings is 1. The highest BCUT2D eigenvalue weighted by Crippen LogP contribution is 2.26. The van der Waals surface area contributed by atoms with Crippen LogP contribution in [0.3, 0.4) is 0 Å². The number of hydrogen-bond donors (Lipinski definition) is 0. The fourth-order valence-corrected chi connectivity index (χ4v) is 3.89. The van der Waals surface area contributed by atoms with Crippen LogP contribution in [0.25, 0.3) is 22.2 Å². The Kier molecular flexibility index (Phi) is 6.00. The molecule has 31 heavy (non-hydrogen) atoms. The van der Waals surface area contributed by atoms with Gasteiger partial charge in [0.15, 0.2) is 6.61 Å². The lowest BCUT2D eigenvalue weighted by molar-refractivity contribution is -0.146. The zero-order valence-corrected chi connectivity index (χ0v) is 18.0. The van der Waals surface area contributed by atoms with E-state index in [1.807, 2.05) is 69.3 Å². The zero-order chi connectivity index (χ0) is 22.0. The molecule has 0 spiro atoms. The van der Waals surface area contributed by atoms with Gasteiger partial charge in [0.1, 0.15) is 0 Å². The van der Waals surface area contributed by atoms with Crippen LogP contribution in [0.4, 0.5) is 0 Å². The highest BCUT2D eigenvalue weighted by Gasteiger charge is 2.27. The van der Waals surface area contributed by atoms with E-state index in [0.717, 1.165) is 11.1 Å². The maximum absolute atomic E-state index is 13.0. The SMILES string of the molecule is Cc1ccc(-c2cc(C(=O)OCC(=O)N3C[C@@H](C)O[C@@H](C)C3)c3ccccc3n2)cc1. The van der Waals surface area contributed by atoms with Crippen LogP contribution in [-0.4, -0.2) is 53.7 Å². The van der Waals surface area contributed by atoms with E-state index < -0.39 is 5.97 Å². The number of nitrogens with zero attached hydrogens (tertiary/aromatic N) is 2. The van der Waals surface area contributed by atoms with Gasteiger partial charge in [-0.2, -0.15) is 0 Å². The summed E-state index contributed by atoms with van der Waals surface area (Å²) in [4.78, 5) is 32.0. The van der Waals surface area contributed by atoms with E-state index in [1.54, 1.807) is 11.0 Å². The van der Waals surface area contributed by atoms with Crippen molar-refractivity contribution in [2.45, 2.75) is 33.0 Å². The second-order valence-corrected chi connectivity index (χ2v) is 8.07. The van der Waals surface area contributed by atoms with Crippen molar-refractivity contribution in [1.29, 1.82) is 0 Å². The lowest BCUT2D eigenvalue weighted by Crippen LogP contribution is -2.49. The molecule has 1 aromatic heterocycles. The summed E-state index contributed by atoms with van der Waals surface area (Å²) in [6.07, 6.45) is -0.0748. The fourth-order valence-electron chi connectivity index (χ4n) is 3.89. The Morgan fingerprint density at radius 1 is 1.06 bits per heavy atom. The van der Waals surface area contributed by atoms with Crippen LogP contribution in [0, 0.1) is 6.92 Å². The number of aryl methyl sites for hydroxylation is 1. The third-order valence-corrected chi connectivity index (χ3v) is 5.38. The Balaban J connectivity index is 1.57. The maximum atomic E-state index is 13.0. The Morgan fingerprint density at radius 2 is 1.74 bits per heavy atom. The molecule has 0 N–H and O–H groups in total. The average Bonchev–Trinajstić information content (AvgIpc) is 2.76. The van der Waals surface area contributed by atoms with Crippen molar-refractivity contribution in [2.24, 2.45) is 0 Å². The maximum Gasteiger partial charge on any atom is 0.339 e. The van der Waals surface area contributed by atoms with Crippen molar-refractivity contribution >= 4 is 22.8 Å². The average molecular weight is 418 g/mol. The molecular formula is C25H26N2O4. The van der Waals surface area contributed by atoms with Crippen molar-refractivity contribution in [3.05, 3.63) is 65.7 Å². The molecule has 6 nitrogen and oxygen atoms in total. The molecule has 160 valence electrons. The third kappa shape index (κ3) is 4.75. The van der Waals surface area contributed by atoms with Crippen LogP contribution < -0.4 is 0 Å². The third-order valence-electron chi connectivity index (χ3n) is 5.38. The minimum absolute atomic E-state index is 0.0374. The van der Waals surface area contributed by atoms with Gasteiger partial charge in [0.25, 0.3) is 5.91 Å². The number of rotatable bonds is 4.